The molecule has 25 heavy (non-hydrogen) atoms. The van der Waals surface area contributed by atoms with Crippen molar-refractivity contribution in [3.8, 4) is 5.75 Å². The van der Waals surface area contributed by atoms with Gasteiger partial charge in [0.05, 0.1) is 0 Å². The highest BCUT2D eigenvalue weighted by Gasteiger charge is 2.20. The van der Waals surface area contributed by atoms with Crippen LogP contribution >= 0.6 is 11.8 Å². The Labute approximate surface area is 148 Å². The molecule has 7 heteroatoms. The first kappa shape index (κ1) is 17.4. The number of benzene rings is 2. The van der Waals surface area contributed by atoms with Crippen molar-refractivity contribution in [2.45, 2.75) is 30.9 Å². The third-order valence-electron chi connectivity index (χ3n) is 3.48. The van der Waals surface area contributed by atoms with Gasteiger partial charge in [0.15, 0.2) is 6.61 Å². The fourth-order valence-electron chi connectivity index (χ4n) is 2.30. The molecule has 0 aliphatic heterocycles. The minimum atomic E-state index is -0.595. The highest BCUT2D eigenvalue weighted by atomic mass is 32.2. The number of rotatable bonds is 6. The smallest absolute Gasteiger partial charge is 0.277 e. The van der Waals surface area contributed by atoms with Gasteiger partial charge in [0.2, 0.25) is 0 Å². The average molecular weight is 362 g/mol. The molecule has 3 aromatic rings. The molecule has 0 saturated carbocycles. The summed E-state index contributed by atoms with van der Waals surface area (Å²) in [5.74, 6) is -0.190. The van der Waals surface area contributed by atoms with Gasteiger partial charge in [-0.1, -0.05) is 30.0 Å². The lowest BCUT2D eigenvalue weighted by Gasteiger charge is -2.10. The van der Waals surface area contributed by atoms with Crippen LogP contribution in [0.4, 0.5) is 8.78 Å². The summed E-state index contributed by atoms with van der Waals surface area (Å²) >= 11 is 1.09. The van der Waals surface area contributed by atoms with Gasteiger partial charge in [-0.3, -0.25) is 0 Å². The normalized spacial score (nSPS) is 12.2. The van der Waals surface area contributed by atoms with E-state index < -0.39 is 16.9 Å². The van der Waals surface area contributed by atoms with Gasteiger partial charge in [-0.15, -0.1) is 10.2 Å². The summed E-state index contributed by atoms with van der Waals surface area (Å²) in [5, 5.41) is 7.51. The Hall–Kier alpha value is -2.41. The predicted octanol–water partition coefficient (Wildman–Crippen LogP) is 5.09. The highest BCUT2D eigenvalue weighted by Crippen LogP contribution is 2.36. The molecule has 130 valence electrons. The molecular formula is C18H16F2N2O2S. The minimum Gasteiger partial charge on any atom is -0.484 e. The molecule has 0 fully saturated rings. The highest BCUT2D eigenvalue weighted by molar-refractivity contribution is 7.99. The summed E-state index contributed by atoms with van der Waals surface area (Å²) in [6.07, 6.45) is 0. The topological polar surface area (TPSA) is 48.2 Å². The van der Waals surface area contributed by atoms with E-state index in [0.29, 0.717) is 11.6 Å². The van der Waals surface area contributed by atoms with E-state index in [0.717, 1.165) is 17.3 Å². The summed E-state index contributed by atoms with van der Waals surface area (Å²) in [7, 11) is 0. The van der Waals surface area contributed by atoms with Crippen LogP contribution in [0.5, 0.6) is 5.75 Å². The van der Waals surface area contributed by atoms with Gasteiger partial charge in [0.25, 0.3) is 11.1 Å². The van der Waals surface area contributed by atoms with E-state index in [1.54, 1.807) is 6.92 Å². The number of aromatic nitrogens is 2. The molecule has 4 nitrogen and oxygen atoms in total. The number of hydrogen-bond donors (Lipinski definition) is 0. The SMILES string of the molecule is Cc1cccc(OCc2nnc(SC(C)c3c(F)cccc3F)o2)c1. The van der Waals surface area contributed by atoms with Crippen LogP contribution in [0.25, 0.3) is 0 Å². The Morgan fingerprint density at radius 1 is 1.12 bits per heavy atom. The lowest BCUT2D eigenvalue weighted by Crippen LogP contribution is -1.98. The zero-order valence-electron chi connectivity index (χ0n) is 13.7. The van der Waals surface area contributed by atoms with Gasteiger partial charge in [-0.25, -0.2) is 8.78 Å². The van der Waals surface area contributed by atoms with Crippen LogP contribution in [-0.4, -0.2) is 10.2 Å². The first-order valence-corrected chi connectivity index (χ1v) is 8.53. The zero-order valence-corrected chi connectivity index (χ0v) is 14.5. The van der Waals surface area contributed by atoms with Gasteiger partial charge in [0, 0.05) is 10.8 Å². The van der Waals surface area contributed by atoms with Gasteiger partial charge < -0.3 is 9.15 Å². The number of aryl methyl sites for hydroxylation is 1. The molecule has 0 aliphatic carbocycles. The number of ether oxygens (including phenoxy) is 1. The molecule has 1 unspecified atom stereocenters. The second-order valence-corrected chi connectivity index (χ2v) is 6.75. The first-order chi connectivity index (χ1) is 12.0. The molecular weight excluding hydrogens is 346 g/mol. The first-order valence-electron chi connectivity index (χ1n) is 7.65. The predicted molar refractivity (Wildman–Crippen MR) is 90.4 cm³/mol. The van der Waals surface area contributed by atoms with E-state index in [1.165, 1.54) is 18.2 Å². The number of thioether (sulfide) groups is 1. The molecule has 0 aliphatic rings. The van der Waals surface area contributed by atoms with Crippen molar-refractivity contribution in [1.29, 1.82) is 0 Å². The standard InChI is InChI=1S/C18H16F2N2O2S/c1-11-5-3-6-13(9-11)23-10-16-21-22-18(24-16)25-12(2)17-14(19)7-4-8-15(17)20/h3-9,12H,10H2,1-2H3. The van der Waals surface area contributed by atoms with Gasteiger partial charge in [-0.2, -0.15) is 0 Å². The van der Waals surface area contributed by atoms with Crippen LogP contribution in [0.3, 0.4) is 0 Å². The van der Waals surface area contributed by atoms with Gasteiger partial charge >= 0.3 is 0 Å². The summed E-state index contributed by atoms with van der Waals surface area (Å²) in [4.78, 5) is 0. The van der Waals surface area contributed by atoms with Crippen LogP contribution < -0.4 is 4.74 Å². The molecule has 1 heterocycles. The molecule has 0 spiro atoms. The van der Waals surface area contributed by atoms with Crippen molar-refractivity contribution >= 4 is 11.8 Å². The lowest BCUT2D eigenvalue weighted by atomic mass is 10.1. The van der Waals surface area contributed by atoms with Crippen molar-refractivity contribution in [2.24, 2.45) is 0 Å². The van der Waals surface area contributed by atoms with E-state index in [-0.39, 0.29) is 17.4 Å². The summed E-state index contributed by atoms with van der Waals surface area (Å²) in [6, 6.07) is 11.4. The maximum absolute atomic E-state index is 13.8. The monoisotopic (exact) mass is 362 g/mol. The molecule has 0 saturated heterocycles. The molecule has 2 aromatic carbocycles. The second kappa shape index (κ2) is 7.65. The summed E-state index contributed by atoms with van der Waals surface area (Å²) in [6.45, 7) is 3.77. The summed E-state index contributed by atoms with van der Waals surface area (Å²) in [5.41, 5.74) is 1.07. The molecule has 1 atom stereocenters. The van der Waals surface area contributed by atoms with Crippen LogP contribution in [0, 0.1) is 18.6 Å². The number of nitrogens with zero attached hydrogens (tertiary/aromatic N) is 2. The van der Waals surface area contributed by atoms with Crippen molar-refractivity contribution in [1.82, 2.24) is 10.2 Å². The molecule has 1 aromatic heterocycles. The minimum absolute atomic E-state index is 0.0109. The molecule has 3 rings (SSSR count). The van der Waals surface area contributed by atoms with E-state index in [4.69, 9.17) is 9.15 Å². The molecule has 0 amide bonds. The Morgan fingerprint density at radius 2 is 1.84 bits per heavy atom. The Kier molecular flexibility index (Phi) is 5.33. The van der Waals surface area contributed by atoms with E-state index in [1.807, 2.05) is 31.2 Å². The largest absolute Gasteiger partial charge is 0.484 e. The van der Waals surface area contributed by atoms with Crippen LogP contribution in [0.1, 0.15) is 29.2 Å². The maximum atomic E-state index is 13.8. The van der Waals surface area contributed by atoms with Crippen molar-refractivity contribution in [2.75, 3.05) is 0 Å². The zero-order chi connectivity index (χ0) is 17.8. The summed E-state index contributed by atoms with van der Waals surface area (Å²) < 4.78 is 38.7. The Balaban J connectivity index is 1.63. The number of hydrogen-bond acceptors (Lipinski definition) is 5. The average Bonchev–Trinajstić information content (AvgIpc) is 3.00. The fourth-order valence-corrected chi connectivity index (χ4v) is 3.18. The fraction of sp³-hybridized carbons (Fsp3) is 0.222. The van der Waals surface area contributed by atoms with Gasteiger partial charge in [0.1, 0.15) is 17.4 Å². The quantitative estimate of drug-likeness (QED) is 0.572. The lowest BCUT2D eigenvalue weighted by molar-refractivity contribution is 0.252. The molecule has 0 radical (unpaired) electrons. The Bertz CT molecular complexity index is 850. The number of halogens is 2. The van der Waals surface area contributed by atoms with Crippen LogP contribution in [0.15, 0.2) is 52.1 Å². The van der Waals surface area contributed by atoms with Gasteiger partial charge in [-0.05, 0) is 43.7 Å². The second-order valence-electron chi connectivity index (χ2n) is 5.46. The van der Waals surface area contributed by atoms with E-state index in [9.17, 15) is 8.78 Å². The Morgan fingerprint density at radius 3 is 2.56 bits per heavy atom. The third-order valence-corrected chi connectivity index (χ3v) is 4.44. The van der Waals surface area contributed by atoms with E-state index >= 15 is 0 Å². The van der Waals surface area contributed by atoms with Crippen molar-refractivity contribution in [3.05, 3.63) is 71.1 Å². The van der Waals surface area contributed by atoms with Crippen molar-refractivity contribution < 1.29 is 17.9 Å². The maximum Gasteiger partial charge on any atom is 0.277 e. The van der Waals surface area contributed by atoms with Crippen LogP contribution in [0.2, 0.25) is 0 Å². The third kappa shape index (κ3) is 4.36. The van der Waals surface area contributed by atoms with Crippen molar-refractivity contribution in [3.63, 3.8) is 0 Å². The van der Waals surface area contributed by atoms with Crippen LogP contribution in [-0.2, 0) is 6.61 Å². The molecule has 0 N–H and O–H groups in total. The van der Waals surface area contributed by atoms with E-state index in [2.05, 4.69) is 10.2 Å². The molecule has 0 bridgehead atoms.